The zero-order valence-corrected chi connectivity index (χ0v) is 17.1. The Morgan fingerprint density at radius 3 is 2.31 bits per heavy atom. The minimum absolute atomic E-state index is 0.0337. The van der Waals surface area contributed by atoms with E-state index >= 15 is 0 Å². The summed E-state index contributed by atoms with van der Waals surface area (Å²) in [6.45, 7) is 1.57. The number of hydrogen-bond donors (Lipinski definition) is 1. The summed E-state index contributed by atoms with van der Waals surface area (Å²) in [7, 11) is 1.63. The SMILES string of the molecule is COc1ccc(CCC(=O)N[C@@H](Cc2ccccc2)C(=O)N2CCCCC2)cc1. The minimum Gasteiger partial charge on any atom is -0.497 e. The van der Waals surface area contributed by atoms with Crippen LogP contribution in [0.4, 0.5) is 0 Å². The molecule has 0 aliphatic carbocycles. The summed E-state index contributed by atoms with van der Waals surface area (Å²) in [6.07, 6.45) is 4.74. The first-order chi connectivity index (χ1) is 14.2. The molecule has 29 heavy (non-hydrogen) atoms. The van der Waals surface area contributed by atoms with Gasteiger partial charge >= 0.3 is 0 Å². The van der Waals surface area contributed by atoms with Crippen molar-refractivity contribution in [3.8, 4) is 5.75 Å². The molecular weight excluding hydrogens is 364 g/mol. The molecule has 2 aromatic rings. The van der Waals surface area contributed by atoms with Crippen LogP contribution in [-0.4, -0.2) is 43.0 Å². The van der Waals surface area contributed by atoms with E-state index in [1.165, 1.54) is 6.42 Å². The second-order valence-corrected chi connectivity index (χ2v) is 7.54. The summed E-state index contributed by atoms with van der Waals surface area (Å²) in [6, 6.07) is 17.1. The Morgan fingerprint density at radius 1 is 0.966 bits per heavy atom. The first kappa shape index (κ1) is 20.9. The quantitative estimate of drug-likeness (QED) is 0.747. The Kier molecular flexibility index (Phi) is 7.68. The van der Waals surface area contributed by atoms with Gasteiger partial charge in [-0.05, 0) is 48.9 Å². The highest BCUT2D eigenvalue weighted by Crippen LogP contribution is 2.14. The molecule has 5 nitrogen and oxygen atoms in total. The lowest BCUT2D eigenvalue weighted by Crippen LogP contribution is -2.51. The van der Waals surface area contributed by atoms with Crippen molar-refractivity contribution in [2.75, 3.05) is 20.2 Å². The van der Waals surface area contributed by atoms with E-state index < -0.39 is 6.04 Å². The first-order valence-electron chi connectivity index (χ1n) is 10.4. The van der Waals surface area contributed by atoms with Gasteiger partial charge in [-0.15, -0.1) is 0 Å². The van der Waals surface area contributed by atoms with Gasteiger partial charge in [-0.2, -0.15) is 0 Å². The fourth-order valence-corrected chi connectivity index (χ4v) is 3.70. The molecular formula is C24H30N2O3. The number of carbonyl (C=O) groups excluding carboxylic acids is 2. The van der Waals surface area contributed by atoms with Crippen molar-refractivity contribution in [1.82, 2.24) is 10.2 Å². The van der Waals surface area contributed by atoms with Crippen LogP contribution in [0.5, 0.6) is 5.75 Å². The van der Waals surface area contributed by atoms with Gasteiger partial charge in [-0.3, -0.25) is 9.59 Å². The molecule has 0 radical (unpaired) electrons. The molecule has 1 atom stereocenters. The van der Waals surface area contributed by atoms with Crippen molar-refractivity contribution in [2.45, 2.75) is 44.6 Å². The van der Waals surface area contributed by atoms with Gasteiger partial charge in [-0.25, -0.2) is 0 Å². The Morgan fingerprint density at radius 2 is 1.66 bits per heavy atom. The van der Waals surface area contributed by atoms with Crippen molar-refractivity contribution in [2.24, 2.45) is 0 Å². The first-order valence-corrected chi connectivity index (χ1v) is 10.4. The standard InChI is InChI=1S/C24H30N2O3/c1-29-21-13-10-19(11-14-21)12-15-23(27)25-22(18-20-8-4-2-5-9-20)24(28)26-16-6-3-7-17-26/h2,4-5,8-11,13-14,22H,3,6-7,12,15-18H2,1H3,(H,25,27)/t22-/m0/s1. The maximum absolute atomic E-state index is 13.1. The summed E-state index contributed by atoms with van der Waals surface area (Å²) in [4.78, 5) is 27.6. The number of nitrogens with one attached hydrogen (secondary N) is 1. The lowest BCUT2D eigenvalue weighted by molar-refractivity contribution is -0.137. The number of benzene rings is 2. The van der Waals surface area contributed by atoms with Gasteiger partial charge in [0.05, 0.1) is 7.11 Å². The number of piperidine rings is 1. The highest BCUT2D eigenvalue weighted by atomic mass is 16.5. The average Bonchev–Trinajstić information content (AvgIpc) is 2.78. The Hall–Kier alpha value is -2.82. The molecule has 3 rings (SSSR count). The molecule has 0 spiro atoms. The Balaban J connectivity index is 1.61. The van der Waals surface area contributed by atoms with Crippen molar-refractivity contribution < 1.29 is 14.3 Å². The zero-order chi connectivity index (χ0) is 20.5. The second-order valence-electron chi connectivity index (χ2n) is 7.54. The number of carbonyl (C=O) groups is 2. The van der Waals surface area contributed by atoms with Crippen LogP contribution in [0.25, 0.3) is 0 Å². The predicted octanol–water partition coefficient (Wildman–Crippen LogP) is 3.37. The molecule has 1 saturated heterocycles. The van der Waals surface area contributed by atoms with Gasteiger partial charge in [0.25, 0.3) is 0 Å². The highest BCUT2D eigenvalue weighted by molar-refractivity contribution is 5.88. The number of nitrogens with zero attached hydrogens (tertiary/aromatic N) is 1. The number of methoxy groups -OCH3 is 1. The minimum atomic E-state index is -0.515. The van der Waals surface area contributed by atoms with Crippen LogP contribution < -0.4 is 10.1 Å². The van der Waals surface area contributed by atoms with E-state index in [4.69, 9.17) is 4.74 Å². The molecule has 1 fully saturated rings. The summed E-state index contributed by atoms with van der Waals surface area (Å²) in [5.74, 6) is 0.742. The van der Waals surface area contributed by atoms with E-state index in [9.17, 15) is 9.59 Å². The van der Waals surface area contributed by atoms with Crippen LogP contribution in [0.2, 0.25) is 0 Å². The molecule has 2 aromatic carbocycles. The average molecular weight is 395 g/mol. The molecule has 154 valence electrons. The Labute approximate surface area is 173 Å². The van der Waals surface area contributed by atoms with Gasteiger partial charge in [0.15, 0.2) is 0 Å². The van der Waals surface area contributed by atoms with Crippen LogP contribution in [0.15, 0.2) is 54.6 Å². The molecule has 1 N–H and O–H groups in total. The maximum Gasteiger partial charge on any atom is 0.245 e. The summed E-state index contributed by atoms with van der Waals surface area (Å²) in [5.41, 5.74) is 2.13. The topological polar surface area (TPSA) is 58.6 Å². The lowest BCUT2D eigenvalue weighted by Gasteiger charge is -2.31. The highest BCUT2D eigenvalue weighted by Gasteiger charge is 2.27. The van der Waals surface area contributed by atoms with E-state index in [1.807, 2.05) is 59.5 Å². The van der Waals surface area contributed by atoms with Gasteiger partial charge in [0.2, 0.25) is 11.8 Å². The van der Waals surface area contributed by atoms with Gasteiger partial charge < -0.3 is 15.0 Å². The monoisotopic (exact) mass is 394 g/mol. The molecule has 1 aliphatic heterocycles. The molecule has 0 bridgehead atoms. The van der Waals surface area contributed by atoms with Crippen LogP contribution in [0.1, 0.15) is 36.8 Å². The number of amides is 2. The number of aryl methyl sites for hydroxylation is 1. The van der Waals surface area contributed by atoms with E-state index in [-0.39, 0.29) is 11.8 Å². The molecule has 2 amide bonds. The molecule has 0 aromatic heterocycles. The lowest BCUT2D eigenvalue weighted by atomic mass is 10.0. The number of hydrogen-bond acceptors (Lipinski definition) is 3. The van der Waals surface area contributed by atoms with Gasteiger partial charge in [-0.1, -0.05) is 42.5 Å². The third kappa shape index (κ3) is 6.34. The third-order valence-corrected chi connectivity index (χ3v) is 5.38. The number of likely N-dealkylation sites (tertiary alicyclic amines) is 1. The molecule has 5 heteroatoms. The van der Waals surface area contributed by atoms with Crippen molar-refractivity contribution >= 4 is 11.8 Å². The van der Waals surface area contributed by atoms with E-state index in [0.29, 0.717) is 19.3 Å². The zero-order valence-electron chi connectivity index (χ0n) is 17.1. The van der Waals surface area contributed by atoms with Crippen molar-refractivity contribution in [1.29, 1.82) is 0 Å². The summed E-state index contributed by atoms with van der Waals surface area (Å²) >= 11 is 0. The normalized spacial score (nSPS) is 14.9. The predicted molar refractivity (Wildman–Crippen MR) is 114 cm³/mol. The number of ether oxygens (including phenoxy) is 1. The van der Waals surface area contributed by atoms with Crippen molar-refractivity contribution in [3.63, 3.8) is 0 Å². The second kappa shape index (κ2) is 10.6. The number of rotatable bonds is 8. The fourth-order valence-electron chi connectivity index (χ4n) is 3.70. The maximum atomic E-state index is 13.1. The molecule has 0 unspecified atom stereocenters. The van der Waals surface area contributed by atoms with Crippen LogP contribution >= 0.6 is 0 Å². The largest absolute Gasteiger partial charge is 0.497 e. The van der Waals surface area contributed by atoms with Crippen LogP contribution in [0, 0.1) is 0 Å². The molecule has 0 saturated carbocycles. The van der Waals surface area contributed by atoms with Gasteiger partial charge in [0.1, 0.15) is 11.8 Å². The fraction of sp³-hybridized carbons (Fsp3) is 0.417. The van der Waals surface area contributed by atoms with E-state index in [2.05, 4.69) is 5.32 Å². The van der Waals surface area contributed by atoms with Gasteiger partial charge in [0, 0.05) is 25.9 Å². The van der Waals surface area contributed by atoms with Crippen LogP contribution in [-0.2, 0) is 22.4 Å². The summed E-state index contributed by atoms with van der Waals surface area (Å²) < 4.78 is 5.17. The smallest absolute Gasteiger partial charge is 0.245 e. The molecule has 1 aliphatic rings. The van der Waals surface area contributed by atoms with Crippen molar-refractivity contribution in [3.05, 3.63) is 65.7 Å². The third-order valence-electron chi connectivity index (χ3n) is 5.38. The van der Waals surface area contributed by atoms with E-state index in [1.54, 1.807) is 7.11 Å². The van der Waals surface area contributed by atoms with E-state index in [0.717, 1.165) is 42.8 Å². The Bertz CT molecular complexity index is 784. The molecule has 1 heterocycles. The summed E-state index contributed by atoms with van der Waals surface area (Å²) in [5, 5.41) is 3.00. The van der Waals surface area contributed by atoms with Crippen LogP contribution in [0.3, 0.4) is 0 Å².